The normalized spacial score (nSPS) is 21.6. The summed E-state index contributed by atoms with van der Waals surface area (Å²) in [6.45, 7) is 2.21. The summed E-state index contributed by atoms with van der Waals surface area (Å²) in [5.41, 5.74) is 7.55. The molecule has 1 saturated heterocycles. The molecule has 0 aliphatic carbocycles. The number of anilines is 1. The van der Waals surface area contributed by atoms with Crippen LogP contribution in [0.15, 0.2) is 18.3 Å². The lowest BCUT2D eigenvalue weighted by molar-refractivity contribution is 0.111. The van der Waals surface area contributed by atoms with Gasteiger partial charge in [0.15, 0.2) is 0 Å². The van der Waals surface area contributed by atoms with Crippen LogP contribution in [0.5, 0.6) is 0 Å². The number of aliphatic hydroxyl groups excluding tert-OH is 1. The molecular weight excluding hydrogens is 214 g/mol. The maximum atomic E-state index is 9.08. The minimum atomic E-state index is 0.269. The molecule has 94 valence electrons. The fourth-order valence-electron chi connectivity index (χ4n) is 2.54. The second kappa shape index (κ2) is 5.98. The first-order valence-electron chi connectivity index (χ1n) is 6.35. The van der Waals surface area contributed by atoms with Gasteiger partial charge in [-0.1, -0.05) is 6.42 Å². The number of likely N-dealkylation sites (tertiary alicyclic amines) is 1. The van der Waals surface area contributed by atoms with E-state index in [1.807, 2.05) is 12.1 Å². The van der Waals surface area contributed by atoms with Crippen molar-refractivity contribution in [1.82, 2.24) is 9.88 Å². The average molecular weight is 235 g/mol. The van der Waals surface area contributed by atoms with Gasteiger partial charge in [0.05, 0.1) is 5.69 Å². The summed E-state index contributed by atoms with van der Waals surface area (Å²) in [5.74, 6) is 0. The standard InChI is InChI=1S/C13H21N3O/c14-11-4-6-15-12(9-11)10-16-7-2-1-3-13(16)5-8-17/h4,6,9,13,17H,1-3,5,7-8,10H2,(H2,14,15). The zero-order valence-electron chi connectivity index (χ0n) is 10.2. The topological polar surface area (TPSA) is 62.4 Å². The zero-order chi connectivity index (χ0) is 12.1. The summed E-state index contributed by atoms with van der Waals surface area (Å²) in [6.07, 6.45) is 6.32. The number of hydrogen-bond acceptors (Lipinski definition) is 4. The predicted octanol–water partition coefficient (Wildman–Crippen LogP) is 1.40. The Hall–Kier alpha value is -1.13. The van der Waals surface area contributed by atoms with Gasteiger partial charge in [-0.2, -0.15) is 0 Å². The maximum Gasteiger partial charge on any atom is 0.0564 e. The van der Waals surface area contributed by atoms with Crippen molar-refractivity contribution in [2.75, 3.05) is 18.9 Å². The van der Waals surface area contributed by atoms with Gasteiger partial charge in [0.25, 0.3) is 0 Å². The van der Waals surface area contributed by atoms with Crippen LogP contribution >= 0.6 is 0 Å². The van der Waals surface area contributed by atoms with Crippen molar-refractivity contribution in [2.45, 2.75) is 38.3 Å². The monoisotopic (exact) mass is 235 g/mol. The van der Waals surface area contributed by atoms with Crippen LogP contribution in [0.1, 0.15) is 31.4 Å². The van der Waals surface area contributed by atoms with E-state index in [4.69, 9.17) is 10.8 Å². The van der Waals surface area contributed by atoms with Crippen molar-refractivity contribution >= 4 is 5.69 Å². The Balaban J connectivity index is 2.00. The van der Waals surface area contributed by atoms with Crippen LogP contribution in [0, 0.1) is 0 Å². The number of aromatic nitrogens is 1. The first-order chi connectivity index (χ1) is 8.29. The second-order valence-electron chi connectivity index (χ2n) is 4.71. The fourth-order valence-corrected chi connectivity index (χ4v) is 2.54. The molecule has 0 radical (unpaired) electrons. The Morgan fingerprint density at radius 3 is 3.12 bits per heavy atom. The highest BCUT2D eigenvalue weighted by molar-refractivity contribution is 5.37. The highest BCUT2D eigenvalue weighted by Gasteiger charge is 2.22. The minimum absolute atomic E-state index is 0.269. The van der Waals surface area contributed by atoms with Gasteiger partial charge in [0.1, 0.15) is 0 Å². The molecule has 1 aliphatic heterocycles. The molecule has 0 amide bonds. The molecule has 4 nitrogen and oxygen atoms in total. The number of hydrogen-bond donors (Lipinski definition) is 2. The Morgan fingerprint density at radius 2 is 2.35 bits per heavy atom. The van der Waals surface area contributed by atoms with E-state index in [2.05, 4.69) is 9.88 Å². The summed E-state index contributed by atoms with van der Waals surface area (Å²) in [5, 5.41) is 9.08. The summed E-state index contributed by atoms with van der Waals surface area (Å²) < 4.78 is 0. The van der Waals surface area contributed by atoms with Gasteiger partial charge >= 0.3 is 0 Å². The lowest BCUT2D eigenvalue weighted by Crippen LogP contribution is -2.39. The first-order valence-corrected chi connectivity index (χ1v) is 6.35. The van der Waals surface area contributed by atoms with Crippen LogP contribution in [0.2, 0.25) is 0 Å². The van der Waals surface area contributed by atoms with E-state index in [1.54, 1.807) is 6.20 Å². The second-order valence-corrected chi connectivity index (χ2v) is 4.71. The van der Waals surface area contributed by atoms with Crippen molar-refractivity contribution in [3.8, 4) is 0 Å². The van der Waals surface area contributed by atoms with Gasteiger partial charge in [-0.15, -0.1) is 0 Å². The molecule has 17 heavy (non-hydrogen) atoms. The van der Waals surface area contributed by atoms with E-state index >= 15 is 0 Å². The van der Waals surface area contributed by atoms with Gasteiger partial charge < -0.3 is 10.8 Å². The molecule has 0 aromatic carbocycles. The Bertz CT molecular complexity index is 354. The largest absolute Gasteiger partial charge is 0.399 e. The van der Waals surface area contributed by atoms with Gasteiger partial charge in [-0.25, -0.2) is 0 Å². The number of nitrogen functional groups attached to an aromatic ring is 1. The minimum Gasteiger partial charge on any atom is -0.399 e. The molecular formula is C13H21N3O. The van der Waals surface area contributed by atoms with Crippen molar-refractivity contribution in [2.24, 2.45) is 0 Å². The third-order valence-corrected chi connectivity index (χ3v) is 3.42. The SMILES string of the molecule is Nc1ccnc(CN2CCCCC2CCO)c1. The number of nitrogens with zero attached hydrogens (tertiary/aromatic N) is 2. The zero-order valence-corrected chi connectivity index (χ0v) is 10.2. The summed E-state index contributed by atoms with van der Waals surface area (Å²) in [6, 6.07) is 4.24. The molecule has 3 N–H and O–H groups in total. The van der Waals surface area contributed by atoms with E-state index < -0.39 is 0 Å². The fraction of sp³-hybridized carbons (Fsp3) is 0.615. The van der Waals surface area contributed by atoms with Crippen LogP contribution in [0.4, 0.5) is 5.69 Å². The molecule has 2 rings (SSSR count). The quantitative estimate of drug-likeness (QED) is 0.828. The molecule has 1 aliphatic rings. The highest BCUT2D eigenvalue weighted by Crippen LogP contribution is 2.21. The molecule has 0 bridgehead atoms. The molecule has 4 heteroatoms. The number of nitrogens with two attached hydrogens (primary N) is 1. The molecule has 1 unspecified atom stereocenters. The van der Waals surface area contributed by atoms with E-state index in [9.17, 15) is 0 Å². The molecule has 0 spiro atoms. The Labute approximate surface area is 102 Å². The average Bonchev–Trinajstić information content (AvgIpc) is 2.32. The molecule has 1 aromatic rings. The number of piperidine rings is 1. The molecule has 0 saturated carbocycles. The van der Waals surface area contributed by atoms with Crippen molar-refractivity contribution < 1.29 is 5.11 Å². The number of aliphatic hydroxyl groups is 1. The highest BCUT2D eigenvalue weighted by atomic mass is 16.3. The molecule has 2 heterocycles. The maximum absolute atomic E-state index is 9.08. The Morgan fingerprint density at radius 1 is 1.47 bits per heavy atom. The van der Waals surface area contributed by atoms with Crippen LogP contribution in [-0.4, -0.2) is 34.2 Å². The third kappa shape index (κ3) is 3.41. The smallest absolute Gasteiger partial charge is 0.0564 e. The summed E-state index contributed by atoms with van der Waals surface area (Å²) >= 11 is 0. The summed E-state index contributed by atoms with van der Waals surface area (Å²) in [4.78, 5) is 6.76. The molecule has 1 aromatic heterocycles. The predicted molar refractivity (Wildman–Crippen MR) is 68.4 cm³/mol. The third-order valence-electron chi connectivity index (χ3n) is 3.42. The first kappa shape index (κ1) is 12.3. The lowest BCUT2D eigenvalue weighted by Gasteiger charge is -2.35. The molecule has 1 fully saturated rings. The van der Waals surface area contributed by atoms with Gasteiger partial charge in [0.2, 0.25) is 0 Å². The lowest BCUT2D eigenvalue weighted by atomic mass is 9.99. The van der Waals surface area contributed by atoms with Gasteiger partial charge in [-0.05, 0) is 37.9 Å². The Kier molecular flexibility index (Phi) is 4.34. The molecule has 1 atom stereocenters. The van der Waals surface area contributed by atoms with Crippen LogP contribution in [0.25, 0.3) is 0 Å². The van der Waals surface area contributed by atoms with Crippen LogP contribution < -0.4 is 5.73 Å². The van der Waals surface area contributed by atoms with Gasteiger partial charge in [0, 0.05) is 31.1 Å². The number of rotatable bonds is 4. The number of pyridine rings is 1. The van der Waals surface area contributed by atoms with Crippen molar-refractivity contribution in [3.05, 3.63) is 24.0 Å². The van der Waals surface area contributed by atoms with Crippen molar-refractivity contribution in [3.63, 3.8) is 0 Å². The van der Waals surface area contributed by atoms with Crippen LogP contribution in [-0.2, 0) is 6.54 Å². The van der Waals surface area contributed by atoms with E-state index in [0.717, 1.165) is 30.9 Å². The van der Waals surface area contributed by atoms with Crippen LogP contribution in [0.3, 0.4) is 0 Å². The van der Waals surface area contributed by atoms with E-state index in [1.165, 1.54) is 19.3 Å². The van der Waals surface area contributed by atoms with E-state index in [0.29, 0.717) is 6.04 Å². The van der Waals surface area contributed by atoms with E-state index in [-0.39, 0.29) is 6.61 Å². The summed E-state index contributed by atoms with van der Waals surface area (Å²) in [7, 11) is 0. The van der Waals surface area contributed by atoms with Crippen molar-refractivity contribution in [1.29, 1.82) is 0 Å². The van der Waals surface area contributed by atoms with Gasteiger partial charge in [-0.3, -0.25) is 9.88 Å².